The van der Waals surface area contributed by atoms with E-state index in [1.165, 1.54) is 13.5 Å². The van der Waals surface area contributed by atoms with Crippen LogP contribution in [0.5, 0.6) is 0 Å². The highest BCUT2D eigenvalue weighted by Crippen LogP contribution is 2.33. The van der Waals surface area contributed by atoms with Crippen LogP contribution >= 0.6 is 0 Å². The van der Waals surface area contributed by atoms with Gasteiger partial charge in [-0.05, 0) is 19.3 Å². The molecule has 0 radical (unpaired) electrons. The number of hydrogen-bond donors (Lipinski definition) is 3. The molecule has 2 aliphatic heterocycles. The number of hydrogen-bond acceptors (Lipinski definition) is 5. The molecule has 2 bridgehead atoms. The lowest BCUT2D eigenvalue weighted by Gasteiger charge is -2.16. The molecule has 17 heavy (non-hydrogen) atoms. The van der Waals surface area contributed by atoms with Gasteiger partial charge >= 0.3 is 17.9 Å². The first-order valence-electron chi connectivity index (χ1n) is 5.25. The minimum atomic E-state index is -1.82. The van der Waals surface area contributed by atoms with E-state index in [-0.39, 0.29) is 11.9 Å². The third-order valence-electron chi connectivity index (χ3n) is 2.99. The maximum absolute atomic E-state index is 11.1. The zero-order chi connectivity index (χ0) is 13.0. The van der Waals surface area contributed by atoms with Gasteiger partial charge in [0.15, 0.2) is 0 Å². The minimum Gasteiger partial charge on any atom is -0.473 e. The number of aliphatic carboxylic acids is 2. The van der Waals surface area contributed by atoms with Crippen molar-refractivity contribution in [2.24, 2.45) is 5.92 Å². The Morgan fingerprint density at radius 3 is 2.06 bits per heavy atom. The Labute approximate surface area is 97.8 Å². The zero-order valence-corrected chi connectivity index (χ0v) is 9.38. The average molecular weight is 245 g/mol. The summed E-state index contributed by atoms with van der Waals surface area (Å²) < 4.78 is 4.71. The fraction of sp³-hybridized carbons (Fsp3) is 0.700. The van der Waals surface area contributed by atoms with Gasteiger partial charge < -0.3 is 20.3 Å². The average Bonchev–Trinajstić information content (AvgIpc) is 2.90. The first kappa shape index (κ1) is 13.4. The molecule has 3 atom stereocenters. The fourth-order valence-electron chi connectivity index (χ4n) is 2.24. The standard InChI is InChI=1S/C8H13NO2.C2H2O4/c1-11-8(10)6-4-5-2-3-7(6)9-5;3-1(4)2(5)6/h5-7,9H,2-4H2,1H3;(H,3,4)(H,5,6)/t5-,6+,7+;/m0./s1. The van der Waals surface area contributed by atoms with Crippen molar-refractivity contribution in [1.82, 2.24) is 5.32 Å². The van der Waals surface area contributed by atoms with Crippen LogP contribution in [0.4, 0.5) is 0 Å². The van der Waals surface area contributed by atoms with E-state index in [0.717, 1.165) is 12.8 Å². The summed E-state index contributed by atoms with van der Waals surface area (Å²) in [6, 6.07) is 0.997. The number of rotatable bonds is 1. The monoisotopic (exact) mass is 245 g/mol. The molecule has 3 N–H and O–H groups in total. The Bertz CT molecular complexity index is 317. The largest absolute Gasteiger partial charge is 0.473 e. The third kappa shape index (κ3) is 3.42. The zero-order valence-electron chi connectivity index (χ0n) is 9.38. The second-order valence-corrected chi connectivity index (χ2v) is 4.02. The van der Waals surface area contributed by atoms with Gasteiger partial charge in [-0.25, -0.2) is 9.59 Å². The van der Waals surface area contributed by atoms with Crippen LogP contribution in [0.1, 0.15) is 19.3 Å². The molecule has 0 amide bonds. The number of fused-ring (bicyclic) bond motifs is 2. The predicted octanol–water partition coefficient (Wildman–Crippen LogP) is -0.544. The van der Waals surface area contributed by atoms with E-state index in [2.05, 4.69) is 5.32 Å². The summed E-state index contributed by atoms with van der Waals surface area (Å²) in [6.45, 7) is 0. The normalized spacial score (nSPS) is 29.1. The van der Waals surface area contributed by atoms with Crippen molar-refractivity contribution in [1.29, 1.82) is 0 Å². The second-order valence-electron chi connectivity index (χ2n) is 4.02. The summed E-state index contributed by atoms with van der Waals surface area (Å²) in [5.41, 5.74) is 0. The van der Waals surface area contributed by atoms with E-state index in [9.17, 15) is 4.79 Å². The van der Waals surface area contributed by atoms with Gasteiger partial charge in [0.1, 0.15) is 0 Å². The Morgan fingerprint density at radius 1 is 1.18 bits per heavy atom. The van der Waals surface area contributed by atoms with Crippen LogP contribution in [0, 0.1) is 5.92 Å². The Balaban J connectivity index is 0.000000209. The molecular formula is C10H15NO6. The Hall–Kier alpha value is -1.63. The van der Waals surface area contributed by atoms with E-state index in [0.29, 0.717) is 12.1 Å². The lowest BCUT2D eigenvalue weighted by Crippen LogP contribution is -2.29. The van der Waals surface area contributed by atoms with Gasteiger partial charge in [-0.1, -0.05) is 0 Å². The van der Waals surface area contributed by atoms with Gasteiger partial charge in [-0.2, -0.15) is 0 Å². The lowest BCUT2D eigenvalue weighted by atomic mass is 9.89. The third-order valence-corrected chi connectivity index (χ3v) is 2.99. The maximum Gasteiger partial charge on any atom is 0.414 e. The quantitative estimate of drug-likeness (QED) is 0.420. The second kappa shape index (κ2) is 5.62. The molecule has 0 aliphatic carbocycles. The van der Waals surface area contributed by atoms with Crippen LogP contribution in [-0.4, -0.2) is 47.3 Å². The van der Waals surface area contributed by atoms with Crippen LogP contribution in [0.3, 0.4) is 0 Å². The number of carboxylic acids is 2. The molecule has 0 spiro atoms. The molecule has 0 aromatic carbocycles. The molecule has 0 saturated carbocycles. The number of methoxy groups -OCH3 is 1. The molecule has 2 rings (SSSR count). The van der Waals surface area contributed by atoms with E-state index in [1.807, 2.05) is 0 Å². The van der Waals surface area contributed by atoms with Crippen molar-refractivity contribution in [2.75, 3.05) is 7.11 Å². The molecule has 7 heteroatoms. The van der Waals surface area contributed by atoms with Crippen LogP contribution in [0.25, 0.3) is 0 Å². The molecule has 2 saturated heterocycles. The molecule has 0 aromatic rings. The van der Waals surface area contributed by atoms with Crippen LogP contribution in [-0.2, 0) is 19.1 Å². The van der Waals surface area contributed by atoms with Crippen molar-refractivity contribution < 1.29 is 29.3 Å². The highest BCUT2D eigenvalue weighted by Gasteiger charge is 2.43. The lowest BCUT2D eigenvalue weighted by molar-refractivity contribution is -0.159. The summed E-state index contributed by atoms with van der Waals surface area (Å²) in [7, 11) is 1.47. The van der Waals surface area contributed by atoms with Gasteiger partial charge in [0.25, 0.3) is 0 Å². The number of nitrogens with one attached hydrogen (secondary N) is 1. The van der Waals surface area contributed by atoms with Crippen molar-refractivity contribution in [3.8, 4) is 0 Å². The van der Waals surface area contributed by atoms with Gasteiger partial charge in [-0.3, -0.25) is 4.79 Å². The Morgan fingerprint density at radius 2 is 1.76 bits per heavy atom. The van der Waals surface area contributed by atoms with Crippen LogP contribution in [0.15, 0.2) is 0 Å². The van der Waals surface area contributed by atoms with Crippen LogP contribution < -0.4 is 5.32 Å². The van der Waals surface area contributed by atoms with E-state index in [4.69, 9.17) is 24.5 Å². The van der Waals surface area contributed by atoms with Crippen molar-refractivity contribution >= 4 is 17.9 Å². The van der Waals surface area contributed by atoms with Gasteiger partial charge in [0, 0.05) is 12.1 Å². The highest BCUT2D eigenvalue weighted by molar-refractivity contribution is 6.27. The summed E-state index contributed by atoms with van der Waals surface area (Å²) >= 11 is 0. The number of carbonyl (C=O) groups is 3. The smallest absolute Gasteiger partial charge is 0.414 e. The summed E-state index contributed by atoms with van der Waals surface area (Å²) in [4.78, 5) is 29.3. The topological polar surface area (TPSA) is 113 Å². The molecular weight excluding hydrogens is 230 g/mol. The van der Waals surface area contributed by atoms with E-state index < -0.39 is 11.9 Å². The highest BCUT2D eigenvalue weighted by atomic mass is 16.5. The summed E-state index contributed by atoms with van der Waals surface area (Å²) in [5.74, 6) is -3.55. The Kier molecular flexibility index (Phi) is 4.45. The first-order chi connectivity index (χ1) is 7.95. The predicted molar refractivity (Wildman–Crippen MR) is 55.3 cm³/mol. The van der Waals surface area contributed by atoms with E-state index in [1.54, 1.807) is 0 Å². The number of esters is 1. The van der Waals surface area contributed by atoms with Crippen molar-refractivity contribution in [2.45, 2.75) is 31.3 Å². The van der Waals surface area contributed by atoms with Crippen LogP contribution in [0.2, 0.25) is 0 Å². The first-order valence-corrected chi connectivity index (χ1v) is 5.25. The van der Waals surface area contributed by atoms with Crippen molar-refractivity contribution in [3.05, 3.63) is 0 Å². The summed E-state index contributed by atoms with van der Waals surface area (Å²) in [6.07, 6.45) is 3.36. The molecule has 0 unspecified atom stereocenters. The maximum atomic E-state index is 11.1. The number of carboxylic acid groups (broad SMARTS) is 2. The van der Waals surface area contributed by atoms with Gasteiger partial charge in [0.2, 0.25) is 0 Å². The fourth-order valence-corrected chi connectivity index (χ4v) is 2.24. The number of carbonyl (C=O) groups excluding carboxylic acids is 1. The van der Waals surface area contributed by atoms with Gasteiger partial charge in [-0.15, -0.1) is 0 Å². The molecule has 96 valence electrons. The SMILES string of the molecule is COC(=O)[C@@H]1C[C@@H]2CC[C@H]1N2.O=C(O)C(=O)O. The van der Waals surface area contributed by atoms with Gasteiger partial charge in [0.05, 0.1) is 13.0 Å². The van der Waals surface area contributed by atoms with Crippen molar-refractivity contribution in [3.63, 3.8) is 0 Å². The molecule has 2 aliphatic rings. The minimum absolute atomic E-state index is 0.0373. The molecule has 0 aromatic heterocycles. The molecule has 2 heterocycles. The number of ether oxygens (including phenoxy) is 1. The summed E-state index contributed by atoms with van der Waals surface area (Å²) in [5, 5.41) is 18.2. The van der Waals surface area contributed by atoms with E-state index >= 15 is 0 Å². The molecule has 2 fully saturated rings. The molecule has 7 nitrogen and oxygen atoms in total.